The van der Waals surface area contributed by atoms with Gasteiger partial charge < -0.3 is 10.6 Å². The molecule has 0 bridgehead atoms. The van der Waals surface area contributed by atoms with Crippen LogP contribution in [0.25, 0.3) is 5.69 Å². The van der Waals surface area contributed by atoms with E-state index in [1.54, 1.807) is 20.0 Å². The third kappa shape index (κ3) is 3.64. The molecule has 1 amide bonds. The van der Waals surface area contributed by atoms with Crippen LogP contribution in [-0.2, 0) is 11.0 Å². The van der Waals surface area contributed by atoms with Crippen LogP contribution in [0, 0.1) is 6.92 Å². The first-order chi connectivity index (χ1) is 10.3. The summed E-state index contributed by atoms with van der Waals surface area (Å²) < 4.78 is 39.7. The number of rotatable bonds is 4. The number of anilines is 1. The Hall–Kier alpha value is -2.35. The van der Waals surface area contributed by atoms with E-state index in [0.29, 0.717) is 11.5 Å². The topological polar surface area (TPSA) is 59.0 Å². The predicted molar refractivity (Wildman–Crippen MR) is 75.9 cm³/mol. The van der Waals surface area contributed by atoms with Gasteiger partial charge in [0.25, 0.3) is 0 Å². The molecule has 22 heavy (non-hydrogen) atoms. The highest BCUT2D eigenvalue weighted by Gasteiger charge is 2.30. The molecule has 0 atom stereocenters. The maximum Gasteiger partial charge on any atom is 0.416 e. The van der Waals surface area contributed by atoms with Crippen molar-refractivity contribution in [3.05, 3.63) is 41.6 Å². The van der Waals surface area contributed by atoms with Gasteiger partial charge in [0.2, 0.25) is 5.91 Å². The largest absolute Gasteiger partial charge is 0.416 e. The van der Waals surface area contributed by atoms with Crippen molar-refractivity contribution >= 4 is 11.7 Å². The molecule has 0 spiro atoms. The summed E-state index contributed by atoms with van der Waals surface area (Å²) >= 11 is 0. The van der Waals surface area contributed by atoms with Gasteiger partial charge in [0.15, 0.2) is 0 Å². The first-order valence-electron chi connectivity index (χ1n) is 6.50. The lowest BCUT2D eigenvalue weighted by Gasteiger charge is -2.11. The molecule has 0 unspecified atom stereocenters. The zero-order valence-corrected chi connectivity index (χ0v) is 12.0. The van der Waals surface area contributed by atoms with Gasteiger partial charge in [0.1, 0.15) is 5.82 Å². The number of hydrogen-bond donors (Lipinski definition) is 2. The van der Waals surface area contributed by atoms with E-state index in [1.807, 2.05) is 0 Å². The predicted octanol–water partition coefficient (Wildman–Crippen LogP) is 2.36. The Labute approximate surface area is 125 Å². The number of nitrogens with one attached hydrogen (secondary N) is 2. The second kappa shape index (κ2) is 6.18. The Morgan fingerprint density at radius 2 is 2.05 bits per heavy atom. The van der Waals surface area contributed by atoms with Crippen LogP contribution in [0.15, 0.2) is 30.3 Å². The second-order valence-electron chi connectivity index (χ2n) is 4.71. The Balaban J connectivity index is 2.39. The fourth-order valence-corrected chi connectivity index (χ4v) is 1.95. The number of aryl methyl sites for hydroxylation is 1. The van der Waals surface area contributed by atoms with E-state index in [2.05, 4.69) is 15.7 Å². The van der Waals surface area contributed by atoms with Crippen molar-refractivity contribution in [1.29, 1.82) is 0 Å². The minimum Gasteiger partial charge on any atom is -0.311 e. The lowest BCUT2D eigenvalue weighted by atomic mass is 10.2. The molecule has 2 aromatic rings. The number of carbonyl (C=O) groups is 1. The number of hydrogen-bond acceptors (Lipinski definition) is 3. The second-order valence-corrected chi connectivity index (χ2v) is 4.71. The third-order valence-corrected chi connectivity index (χ3v) is 2.85. The summed E-state index contributed by atoms with van der Waals surface area (Å²) in [5, 5.41) is 9.43. The van der Waals surface area contributed by atoms with Gasteiger partial charge in [0.05, 0.1) is 23.5 Å². The normalized spacial score (nSPS) is 11.5. The van der Waals surface area contributed by atoms with Crippen LogP contribution in [0.3, 0.4) is 0 Å². The quantitative estimate of drug-likeness (QED) is 0.911. The first-order valence-corrected chi connectivity index (χ1v) is 6.50. The number of aromatic nitrogens is 2. The third-order valence-electron chi connectivity index (χ3n) is 2.85. The van der Waals surface area contributed by atoms with E-state index in [-0.39, 0.29) is 18.1 Å². The first kappa shape index (κ1) is 16.0. The number of likely N-dealkylation sites (N-methyl/N-ethyl adjacent to an activating group) is 1. The van der Waals surface area contributed by atoms with Crippen molar-refractivity contribution in [2.24, 2.45) is 0 Å². The van der Waals surface area contributed by atoms with Gasteiger partial charge in [-0.15, -0.1) is 0 Å². The monoisotopic (exact) mass is 312 g/mol. The van der Waals surface area contributed by atoms with Crippen molar-refractivity contribution < 1.29 is 18.0 Å². The number of halogens is 3. The Morgan fingerprint density at radius 1 is 1.32 bits per heavy atom. The molecular formula is C14H15F3N4O. The molecule has 118 valence electrons. The van der Waals surface area contributed by atoms with Crippen LogP contribution in [0.4, 0.5) is 19.0 Å². The average Bonchev–Trinajstić information content (AvgIpc) is 2.79. The molecule has 2 rings (SSSR count). The summed E-state index contributed by atoms with van der Waals surface area (Å²) in [5.74, 6) is 0.00713. The van der Waals surface area contributed by atoms with Crippen molar-refractivity contribution in [3.63, 3.8) is 0 Å². The van der Waals surface area contributed by atoms with Gasteiger partial charge in [0, 0.05) is 6.07 Å². The smallest absolute Gasteiger partial charge is 0.311 e. The molecular weight excluding hydrogens is 297 g/mol. The number of benzene rings is 1. The van der Waals surface area contributed by atoms with Crippen molar-refractivity contribution in [2.45, 2.75) is 13.1 Å². The van der Waals surface area contributed by atoms with Gasteiger partial charge in [-0.05, 0) is 32.2 Å². The minimum absolute atomic E-state index is 0.0901. The fraction of sp³-hybridized carbons (Fsp3) is 0.286. The van der Waals surface area contributed by atoms with Crippen molar-refractivity contribution in [1.82, 2.24) is 15.1 Å². The van der Waals surface area contributed by atoms with E-state index in [0.717, 1.165) is 12.1 Å². The van der Waals surface area contributed by atoms with Gasteiger partial charge in [-0.25, -0.2) is 4.68 Å². The van der Waals surface area contributed by atoms with E-state index < -0.39 is 11.7 Å². The molecule has 5 nitrogen and oxygen atoms in total. The molecule has 0 fully saturated rings. The summed E-state index contributed by atoms with van der Waals surface area (Å²) in [6.45, 7) is 1.78. The standard InChI is InChI=1S/C14H15F3N4O/c1-9-6-12(19-13(22)8-18-2)21(20-9)11-5-3-4-10(7-11)14(15,16)17/h3-7,18H,8H2,1-2H3,(H,19,22). The highest BCUT2D eigenvalue weighted by Crippen LogP contribution is 2.30. The van der Waals surface area contributed by atoms with E-state index in [1.165, 1.54) is 16.8 Å². The van der Waals surface area contributed by atoms with Gasteiger partial charge in [-0.2, -0.15) is 18.3 Å². The van der Waals surface area contributed by atoms with Gasteiger partial charge >= 0.3 is 6.18 Å². The van der Waals surface area contributed by atoms with Crippen LogP contribution < -0.4 is 10.6 Å². The number of carbonyl (C=O) groups excluding carboxylic acids is 1. The maximum absolute atomic E-state index is 12.8. The molecule has 0 aliphatic heterocycles. The summed E-state index contributed by atoms with van der Waals surface area (Å²) in [6, 6.07) is 6.36. The highest BCUT2D eigenvalue weighted by molar-refractivity contribution is 5.91. The lowest BCUT2D eigenvalue weighted by molar-refractivity contribution is -0.137. The SMILES string of the molecule is CNCC(=O)Nc1cc(C)nn1-c1cccc(C(F)(F)F)c1. The van der Waals surface area contributed by atoms with E-state index in [4.69, 9.17) is 0 Å². The summed E-state index contributed by atoms with van der Waals surface area (Å²) in [4.78, 5) is 11.6. The van der Waals surface area contributed by atoms with Gasteiger partial charge in [-0.1, -0.05) is 6.07 Å². The molecule has 0 aliphatic carbocycles. The van der Waals surface area contributed by atoms with Crippen molar-refractivity contribution in [3.8, 4) is 5.69 Å². The molecule has 0 radical (unpaired) electrons. The minimum atomic E-state index is -4.44. The summed E-state index contributed by atoms with van der Waals surface area (Å²) in [6.07, 6.45) is -4.44. The number of amides is 1. The Bertz CT molecular complexity index is 679. The molecule has 1 aromatic heterocycles. The van der Waals surface area contributed by atoms with Gasteiger partial charge in [-0.3, -0.25) is 4.79 Å². The Kier molecular flexibility index (Phi) is 4.51. The molecule has 1 aromatic carbocycles. The average molecular weight is 312 g/mol. The molecule has 0 saturated carbocycles. The Morgan fingerprint density at radius 3 is 2.68 bits per heavy atom. The van der Waals surface area contributed by atoms with Crippen LogP contribution in [0.2, 0.25) is 0 Å². The molecule has 1 heterocycles. The fourth-order valence-electron chi connectivity index (χ4n) is 1.95. The molecule has 8 heteroatoms. The van der Waals surface area contributed by atoms with Crippen LogP contribution in [0.1, 0.15) is 11.3 Å². The van der Waals surface area contributed by atoms with Crippen LogP contribution in [-0.4, -0.2) is 29.3 Å². The molecule has 0 saturated heterocycles. The summed E-state index contributed by atoms with van der Waals surface area (Å²) in [7, 11) is 1.62. The lowest BCUT2D eigenvalue weighted by Crippen LogP contribution is -2.26. The maximum atomic E-state index is 12.8. The van der Waals surface area contributed by atoms with Crippen molar-refractivity contribution in [2.75, 3.05) is 18.9 Å². The number of alkyl halides is 3. The molecule has 2 N–H and O–H groups in total. The van der Waals surface area contributed by atoms with E-state index >= 15 is 0 Å². The summed E-state index contributed by atoms with van der Waals surface area (Å²) in [5.41, 5.74) is 0.0329. The highest BCUT2D eigenvalue weighted by atomic mass is 19.4. The zero-order valence-electron chi connectivity index (χ0n) is 12.0. The molecule has 0 aliphatic rings. The van der Waals surface area contributed by atoms with E-state index in [9.17, 15) is 18.0 Å². The number of nitrogens with zero attached hydrogens (tertiary/aromatic N) is 2. The zero-order chi connectivity index (χ0) is 16.3. The van der Waals surface area contributed by atoms with Crippen LogP contribution >= 0.6 is 0 Å². The van der Waals surface area contributed by atoms with Crippen LogP contribution in [0.5, 0.6) is 0 Å².